The normalized spacial score (nSPS) is 17.0. The smallest absolute Gasteiger partial charge is 0.232 e. The molecule has 0 radical (unpaired) electrons. The van der Waals surface area contributed by atoms with E-state index in [0.717, 1.165) is 16.8 Å². The fraction of sp³-hybridized carbons (Fsp3) is 0.200. The van der Waals surface area contributed by atoms with E-state index in [9.17, 15) is 4.79 Å². The predicted octanol–water partition coefficient (Wildman–Crippen LogP) is 4.36. The Morgan fingerprint density at radius 1 is 1.18 bits per heavy atom. The van der Waals surface area contributed by atoms with Gasteiger partial charge in [-0.1, -0.05) is 22.8 Å². The number of aryl methyl sites for hydroxylation is 1. The molecule has 1 aliphatic rings. The molecule has 0 spiro atoms. The third kappa shape index (κ3) is 2.93. The van der Waals surface area contributed by atoms with Gasteiger partial charge in [-0.25, -0.2) is 4.98 Å². The van der Waals surface area contributed by atoms with Crippen molar-refractivity contribution in [2.45, 2.75) is 19.3 Å². The van der Waals surface area contributed by atoms with E-state index in [1.165, 1.54) is 0 Å². The highest BCUT2D eigenvalue weighted by molar-refractivity contribution is 6.30. The largest absolute Gasteiger partial charge is 0.441 e. The van der Waals surface area contributed by atoms with Crippen LogP contribution in [0, 0.1) is 6.92 Å². The first-order chi connectivity index (χ1) is 13.6. The van der Waals surface area contributed by atoms with Gasteiger partial charge in [-0.05, 0) is 36.4 Å². The molecule has 28 heavy (non-hydrogen) atoms. The molecule has 4 aromatic rings. The van der Waals surface area contributed by atoms with Crippen LogP contribution in [-0.4, -0.2) is 27.6 Å². The maximum Gasteiger partial charge on any atom is 0.232 e. The van der Waals surface area contributed by atoms with Crippen molar-refractivity contribution < 1.29 is 13.7 Å². The molecule has 0 unspecified atom stereocenters. The van der Waals surface area contributed by atoms with Gasteiger partial charge in [0, 0.05) is 36.2 Å². The highest BCUT2D eigenvalue weighted by atomic mass is 35.5. The molecule has 0 saturated carbocycles. The Hall–Kier alpha value is -3.19. The van der Waals surface area contributed by atoms with E-state index < -0.39 is 0 Å². The summed E-state index contributed by atoms with van der Waals surface area (Å²) in [5.74, 6) is 1.36. The van der Waals surface area contributed by atoms with Crippen LogP contribution in [0.2, 0.25) is 5.02 Å². The number of nitrogens with zero attached hydrogens (tertiary/aromatic N) is 4. The van der Waals surface area contributed by atoms with Gasteiger partial charge in [0.05, 0.1) is 5.92 Å². The van der Waals surface area contributed by atoms with Gasteiger partial charge in [0.1, 0.15) is 5.52 Å². The zero-order chi connectivity index (χ0) is 19.3. The molecular formula is C20H15ClN4O3. The number of aromatic nitrogens is 3. The van der Waals surface area contributed by atoms with Crippen LogP contribution in [0.15, 0.2) is 51.4 Å². The Kier molecular flexibility index (Phi) is 3.91. The van der Waals surface area contributed by atoms with Crippen molar-refractivity contribution >= 4 is 34.3 Å². The number of fused-ring (bicyclic) bond motifs is 1. The van der Waals surface area contributed by atoms with Crippen LogP contribution < -0.4 is 4.90 Å². The molecule has 140 valence electrons. The van der Waals surface area contributed by atoms with Crippen LogP contribution in [0.4, 0.5) is 5.69 Å². The van der Waals surface area contributed by atoms with Gasteiger partial charge in [0.25, 0.3) is 0 Å². The molecule has 1 aliphatic heterocycles. The summed E-state index contributed by atoms with van der Waals surface area (Å²) in [4.78, 5) is 23.0. The Bertz CT molecular complexity index is 1200. The van der Waals surface area contributed by atoms with Crippen LogP contribution in [0.25, 0.3) is 22.5 Å². The van der Waals surface area contributed by atoms with E-state index in [2.05, 4.69) is 15.1 Å². The van der Waals surface area contributed by atoms with Crippen LogP contribution in [-0.2, 0) is 4.79 Å². The SMILES string of the molecule is Cc1nc2cc(-c3noc([C@H]4CC(=O)N(c5cccc(Cl)c5)C4)n3)ccc2o1. The molecule has 2 aromatic heterocycles. The Labute approximate surface area is 164 Å². The Morgan fingerprint density at radius 3 is 2.93 bits per heavy atom. The highest BCUT2D eigenvalue weighted by Crippen LogP contribution is 2.33. The lowest BCUT2D eigenvalue weighted by molar-refractivity contribution is -0.117. The van der Waals surface area contributed by atoms with Crippen molar-refractivity contribution in [2.24, 2.45) is 0 Å². The van der Waals surface area contributed by atoms with Crippen LogP contribution in [0.3, 0.4) is 0 Å². The number of amides is 1. The molecule has 1 amide bonds. The van der Waals surface area contributed by atoms with Crippen molar-refractivity contribution in [2.75, 3.05) is 11.4 Å². The topological polar surface area (TPSA) is 85.3 Å². The fourth-order valence-electron chi connectivity index (χ4n) is 3.47. The van der Waals surface area contributed by atoms with Gasteiger partial charge in [0.15, 0.2) is 11.5 Å². The number of rotatable bonds is 3. The first-order valence-electron chi connectivity index (χ1n) is 8.84. The van der Waals surface area contributed by atoms with Crippen molar-refractivity contribution in [3.05, 3.63) is 59.3 Å². The quantitative estimate of drug-likeness (QED) is 0.513. The van der Waals surface area contributed by atoms with Gasteiger partial charge in [-0.3, -0.25) is 4.79 Å². The molecule has 2 aromatic carbocycles. The monoisotopic (exact) mass is 394 g/mol. The van der Waals surface area contributed by atoms with Crippen molar-refractivity contribution in [1.82, 2.24) is 15.1 Å². The van der Waals surface area contributed by atoms with E-state index in [1.54, 1.807) is 24.0 Å². The standard InChI is InChI=1S/C20H15ClN4O3/c1-11-22-16-7-12(5-6-17(16)27-11)19-23-20(28-24-19)13-8-18(26)25(10-13)15-4-2-3-14(21)9-15/h2-7,9,13H,8,10H2,1H3/t13-/m0/s1. The van der Waals surface area contributed by atoms with Crippen molar-refractivity contribution in [3.63, 3.8) is 0 Å². The van der Waals surface area contributed by atoms with Gasteiger partial charge < -0.3 is 13.8 Å². The number of hydrogen-bond donors (Lipinski definition) is 0. The minimum absolute atomic E-state index is 0.00603. The van der Waals surface area contributed by atoms with Crippen LogP contribution >= 0.6 is 11.6 Å². The summed E-state index contributed by atoms with van der Waals surface area (Å²) >= 11 is 6.05. The summed E-state index contributed by atoms with van der Waals surface area (Å²) in [6.45, 7) is 2.28. The first kappa shape index (κ1) is 16.9. The van der Waals surface area contributed by atoms with E-state index in [1.807, 2.05) is 30.3 Å². The van der Waals surface area contributed by atoms with Crippen LogP contribution in [0.5, 0.6) is 0 Å². The summed E-state index contributed by atoms with van der Waals surface area (Å²) in [6, 6.07) is 12.8. The number of oxazole rings is 1. The number of carbonyl (C=O) groups is 1. The van der Waals surface area contributed by atoms with Crippen LogP contribution in [0.1, 0.15) is 24.1 Å². The molecule has 1 saturated heterocycles. The van der Waals surface area contributed by atoms with Crippen molar-refractivity contribution in [1.29, 1.82) is 0 Å². The first-order valence-corrected chi connectivity index (χ1v) is 9.22. The third-order valence-corrected chi connectivity index (χ3v) is 5.02. The molecule has 8 heteroatoms. The lowest BCUT2D eigenvalue weighted by atomic mass is 10.1. The van der Waals surface area contributed by atoms with Gasteiger partial charge >= 0.3 is 0 Å². The molecule has 7 nitrogen and oxygen atoms in total. The molecule has 0 bridgehead atoms. The minimum Gasteiger partial charge on any atom is -0.441 e. The summed E-state index contributed by atoms with van der Waals surface area (Å²) in [7, 11) is 0. The van der Waals surface area contributed by atoms with E-state index in [4.69, 9.17) is 20.5 Å². The molecular weight excluding hydrogens is 380 g/mol. The van der Waals surface area contributed by atoms with E-state index >= 15 is 0 Å². The lowest BCUT2D eigenvalue weighted by Crippen LogP contribution is -2.24. The predicted molar refractivity (Wildman–Crippen MR) is 103 cm³/mol. The zero-order valence-electron chi connectivity index (χ0n) is 14.9. The second kappa shape index (κ2) is 6.45. The number of anilines is 1. The number of carbonyl (C=O) groups excluding carboxylic acids is 1. The maximum absolute atomic E-state index is 12.5. The molecule has 0 N–H and O–H groups in total. The van der Waals surface area contributed by atoms with Gasteiger partial charge in [-0.15, -0.1) is 0 Å². The average molecular weight is 395 g/mol. The second-order valence-corrected chi connectivity index (χ2v) is 7.19. The van der Waals surface area contributed by atoms with Gasteiger partial charge in [0.2, 0.25) is 17.6 Å². The lowest BCUT2D eigenvalue weighted by Gasteiger charge is -2.16. The highest BCUT2D eigenvalue weighted by Gasteiger charge is 2.35. The zero-order valence-corrected chi connectivity index (χ0v) is 15.7. The molecule has 3 heterocycles. The number of hydrogen-bond acceptors (Lipinski definition) is 6. The molecule has 0 aliphatic carbocycles. The average Bonchev–Trinajstić information content (AvgIpc) is 3.38. The summed E-state index contributed by atoms with van der Waals surface area (Å²) in [5, 5.41) is 4.68. The summed E-state index contributed by atoms with van der Waals surface area (Å²) in [6.07, 6.45) is 0.315. The van der Waals surface area contributed by atoms with E-state index in [0.29, 0.717) is 41.2 Å². The van der Waals surface area contributed by atoms with Gasteiger partial charge in [-0.2, -0.15) is 4.98 Å². The summed E-state index contributed by atoms with van der Waals surface area (Å²) < 4.78 is 11.0. The fourth-order valence-corrected chi connectivity index (χ4v) is 3.65. The second-order valence-electron chi connectivity index (χ2n) is 6.76. The molecule has 1 fully saturated rings. The third-order valence-electron chi connectivity index (χ3n) is 4.79. The maximum atomic E-state index is 12.5. The number of halogens is 1. The van der Waals surface area contributed by atoms with E-state index in [-0.39, 0.29) is 11.8 Å². The molecule has 5 rings (SSSR count). The van der Waals surface area contributed by atoms with Crippen molar-refractivity contribution in [3.8, 4) is 11.4 Å². The number of benzene rings is 2. The Balaban J connectivity index is 1.40. The Morgan fingerprint density at radius 2 is 2.07 bits per heavy atom. The summed E-state index contributed by atoms with van der Waals surface area (Å²) in [5.41, 5.74) is 3.01. The minimum atomic E-state index is -0.161. The molecule has 1 atom stereocenters.